The molecule has 0 saturated carbocycles. The zero-order valence-corrected chi connectivity index (χ0v) is 20.8. The van der Waals surface area contributed by atoms with Crippen LogP contribution < -0.4 is 19.2 Å². The largest absolute Gasteiger partial charge is 0.513 e. The van der Waals surface area contributed by atoms with Crippen LogP contribution in [0.4, 0.5) is 5.69 Å². The molecule has 0 aliphatic carbocycles. The maximum Gasteiger partial charge on any atom is 0.513 e. The Hall–Kier alpha value is -2.25. The van der Waals surface area contributed by atoms with Crippen LogP contribution in [0.15, 0.2) is 48.5 Å². The Morgan fingerprint density at radius 2 is 1.58 bits per heavy atom. The first kappa shape index (κ1) is 27.0. The Kier molecular flexibility index (Phi) is 11.0. The Morgan fingerprint density at radius 1 is 1.03 bits per heavy atom. The van der Waals surface area contributed by atoms with E-state index in [1.165, 1.54) is 26.1 Å². The second kappa shape index (κ2) is 13.5. The van der Waals surface area contributed by atoms with E-state index in [4.69, 9.17) is 25.4 Å². The fourth-order valence-electron chi connectivity index (χ4n) is 2.86. The number of nitrogens with zero attached hydrogens (tertiary/aromatic N) is 1. The Bertz CT molecular complexity index is 908. The minimum absolute atomic E-state index is 0.224. The van der Waals surface area contributed by atoms with Gasteiger partial charge in [-0.15, -0.1) is 0 Å². The summed E-state index contributed by atoms with van der Waals surface area (Å²) in [6.07, 6.45) is 5.17. The van der Waals surface area contributed by atoms with Gasteiger partial charge in [-0.1, -0.05) is 44.2 Å². The van der Waals surface area contributed by atoms with E-state index in [1.807, 2.05) is 0 Å². The van der Waals surface area contributed by atoms with Gasteiger partial charge in [-0.2, -0.15) is 5.09 Å². The third kappa shape index (κ3) is 9.64. The summed E-state index contributed by atoms with van der Waals surface area (Å²) in [6, 6.07) is 11.5. The highest BCUT2D eigenvalue weighted by Gasteiger charge is 2.33. The molecule has 0 bridgehead atoms. The van der Waals surface area contributed by atoms with Crippen molar-refractivity contribution in [2.75, 3.05) is 18.7 Å². The van der Waals surface area contributed by atoms with Crippen molar-refractivity contribution in [3.05, 3.63) is 53.6 Å². The number of nitrogens with one attached hydrogen (secondary N) is 1. The van der Waals surface area contributed by atoms with Crippen LogP contribution in [-0.4, -0.2) is 30.9 Å². The van der Waals surface area contributed by atoms with E-state index in [0.717, 1.165) is 37.2 Å². The van der Waals surface area contributed by atoms with Crippen LogP contribution in [0.2, 0.25) is 5.02 Å². The van der Waals surface area contributed by atoms with Gasteiger partial charge in [0.25, 0.3) is 0 Å². The Balaban J connectivity index is 2.06. The van der Waals surface area contributed by atoms with Crippen LogP contribution in [0.3, 0.4) is 0 Å². The van der Waals surface area contributed by atoms with Crippen molar-refractivity contribution in [3.8, 4) is 11.5 Å². The van der Waals surface area contributed by atoms with E-state index in [-0.39, 0.29) is 11.5 Å². The zero-order chi connectivity index (χ0) is 24.3. The summed E-state index contributed by atoms with van der Waals surface area (Å²) in [5.74, 6) is -0.0772. The molecule has 0 fully saturated rings. The smallest absolute Gasteiger partial charge is 0.465 e. The predicted molar refractivity (Wildman–Crippen MR) is 129 cm³/mol. The van der Waals surface area contributed by atoms with Crippen molar-refractivity contribution < 1.29 is 28.4 Å². The average Bonchev–Trinajstić information content (AvgIpc) is 2.77. The van der Waals surface area contributed by atoms with Gasteiger partial charge in [0.1, 0.15) is 17.5 Å². The highest BCUT2D eigenvalue weighted by Crippen LogP contribution is 2.45. The molecule has 0 amide bonds. The summed E-state index contributed by atoms with van der Waals surface area (Å²) in [6.45, 7) is 3.97. The molecule has 2 rings (SSSR count). The van der Waals surface area contributed by atoms with Gasteiger partial charge in [0, 0.05) is 12.1 Å². The lowest BCUT2D eigenvalue weighted by Crippen LogP contribution is -2.36. The van der Waals surface area contributed by atoms with E-state index < -0.39 is 19.8 Å². The lowest BCUT2D eigenvalue weighted by Gasteiger charge is -2.23. The zero-order valence-electron chi connectivity index (χ0n) is 19.2. The molecule has 2 aromatic rings. The normalized spacial score (nSPS) is 13.6. The van der Waals surface area contributed by atoms with Crippen molar-refractivity contribution in [3.63, 3.8) is 0 Å². The minimum atomic E-state index is -4.05. The van der Waals surface area contributed by atoms with Crippen molar-refractivity contribution >= 4 is 31.0 Å². The second-order valence-electron chi connectivity index (χ2n) is 7.58. The van der Waals surface area contributed by atoms with Crippen molar-refractivity contribution in [1.82, 2.24) is 5.09 Å². The van der Waals surface area contributed by atoms with Crippen LogP contribution >= 0.6 is 19.3 Å². The molecule has 0 aliphatic heterocycles. The SMILES string of the molecule is CCCCCCCOC(=O)[C@H](C)N[P@@](=O)(Oc1ccc(Cl)cc1)Oc1ccc(N(C)O)cc1. The quantitative estimate of drug-likeness (QED) is 0.137. The number of rotatable bonds is 14. The van der Waals surface area contributed by atoms with Gasteiger partial charge in [-0.25, -0.2) is 4.57 Å². The van der Waals surface area contributed by atoms with Gasteiger partial charge in [0.05, 0.1) is 12.3 Å². The molecule has 182 valence electrons. The number of halogens is 1. The van der Waals surface area contributed by atoms with E-state index >= 15 is 0 Å². The van der Waals surface area contributed by atoms with Gasteiger partial charge in [0.15, 0.2) is 0 Å². The van der Waals surface area contributed by atoms with Crippen LogP contribution in [0.5, 0.6) is 11.5 Å². The number of ether oxygens (including phenoxy) is 1. The molecule has 0 spiro atoms. The Morgan fingerprint density at radius 3 is 2.12 bits per heavy atom. The lowest BCUT2D eigenvalue weighted by molar-refractivity contribution is -0.145. The molecule has 0 aliphatic rings. The molecule has 2 aromatic carbocycles. The number of carbonyl (C=O) groups excluding carboxylic acids is 1. The van der Waals surface area contributed by atoms with E-state index in [0.29, 0.717) is 17.3 Å². The molecule has 0 unspecified atom stereocenters. The van der Waals surface area contributed by atoms with Crippen LogP contribution in [0, 0.1) is 0 Å². The third-order valence-corrected chi connectivity index (χ3v) is 6.53. The topological polar surface area (TPSA) is 97.3 Å². The summed E-state index contributed by atoms with van der Waals surface area (Å²) < 4.78 is 30.1. The molecule has 10 heteroatoms. The molecule has 2 atom stereocenters. The average molecular weight is 499 g/mol. The van der Waals surface area contributed by atoms with E-state index in [9.17, 15) is 14.6 Å². The summed E-state index contributed by atoms with van der Waals surface area (Å²) in [5.41, 5.74) is 0.514. The van der Waals surface area contributed by atoms with Crippen LogP contribution in [0.25, 0.3) is 0 Å². The van der Waals surface area contributed by atoms with Crippen LogP contribution in [-0.2, 0) is 14.1 Å². The highest BCUT2D eigenvalue weighted by molar-refractivity contribution is 7.52. The number of anilines is 1. The van der Waals surface area contributed by atoms with Crippen molar-refractivity contribution in [2.24, 2.45) is 0 Å². The second-order valence-corrected chi connectivity index (χ2v) is 9.64. The third-order valence-electron chi connectivity index (χ3n) is 4.67. The van der Waals surface area contributed by atoms with Gasteiger partial charge in [-0.3, -0.25) is 15.1 Å². The standard InChI is InChI=1S/C23H32ClN2O6P/c1-4-5-6-7-8-17-30-23(27)18(2)25-33(29,31-21-13-9-19(24)10-14-21)32-22-15-11-20(12-16-22)26(3)28/h9-16,18,28H,4-8,17H2,1-3H3,(H,25,29)/t18-,33+/m0/s1. The fraction of sp³-hybridized carbons (Fsp3) is 0.435. The maximum atomic E-state index is 13.6. The predicted octanol–water partition coefficient (Wildman–Crippen LogP) is 6.22. The van der Waals surface area contributed by atoms with Gasteiger partial charge >= 0.3 is 13.7 Å². The van der Waals surface area contributed by atoms with Crippen LogP contribution in [0.1, 0.15) is 46.0 Å². The summed E-state index contributed by atoms with van der Waals surface area (Å²) in [7, 11) is -2.58. The first-order chi connectivity index (χ1) is 15.7. The number of hydrogen-bond donors (Lipinski definition) is 2. The van der Waals surface area contributed by atoms with Crippen molar-refractivity contribution in [2.45, 2.75) is 52.0 Å². The molecule has 2 N–H and O–H groups in total. The molecular weight excluding hydrogens is 467 g/mol. The number of hydroxylamine groups is 1. The number of esters is 1. The first-order valence-corrected chi connectivity index (χ1v) is 12.9. The van der Waals surface area contributed by atoms with Gasteiger partial charge in [0.2, 0.25) is 0 Å². The van der Waals surface area contributed by atoms with E-state index in [1.54, 1.807) is 36.4 Å². The number of hydrogen-bond acceptors (Lipinski definition) is 7. The fourth-order valence-corrected chi connectivity index (χ4v) is 4.51. The Labute approximate surface area is 200 Å². The summed E-state index contributed by atoms with van der Waals surface area (Å²) in [4.78, 5) is 12.4. The first-order valence-electron chi connectivity index (χ1n) is 10.9. The molecule has 8 nitrogen and oxygen atoms in total. The molecule has 0 radical (unpaired) electrons. The molecule has 0 aromatic heterocycles. The molecule has 0 saturated heterocycles. The monoisotopic (exact) mass is 498 g/mol. The molecule has 33 heavy (non-hydrogen) atoms. The molecular formula is C23H32ClN2O6P. The summed E-state index contributed by atoms with van der Waals surface area (Å²) >= 11 is 5.91. The van der Waals surface area contributed by atoms with E-state index in [2.05, 4.69) is 12.0 Å². The number of benzene rings is 2. The highest BCUT2D eigenvalue weighted by atomic mass is 35.5. The lowest BCUT2D eigenvalue weighted by atomic mass is 10.2. The van der Waals surface area contributed by atoms with Gasteiger partial charge in [-0.05, 0) is 61.9 Å². The minimum Gasteiger partial charge on any atom is -0.465 e. The summed E-state index contributed by atoms with van der Waals surface area (Å²) in [5, 5.41) is 13.6. The maximum absolute atomic E-state index is 13.6. The van der Waals surface area contributed by atoms with Crippen molar-refractivity contribution in [1.29, 1.82) is 0 Å². The number of unbranched alkanes of at least 4 members (excludes halogenated alkanes) is 4. The molecule has 0 heterocycles. The van der Waals surface area contributed by atoms with Gasteiger partial charge < -0.3 is 13.8 Å². The number of carbonyl (C=O) groups is 1.